The van der Waals surface area contributed by atoms with Crippen molar-refractivity contribution in [3.63, 3.8) is 0 Å². The van der Waals surface area contributed by atoms with Crippen molar-refractivity contribution in [3.8, 4) is 0 Å². The van der Waals surface area contributed by atoms with Gasteiger partial charge < -0.3 is 15.4 Å². The van der Waals surface area contributed by atoms with Gasteiger partial charge in [0.15, 0.2) is 5.82 Å². The number of aromatic nitrogens is 2. The summed E-state index contributed by atoms with van der Waals surface area (Å²) in [4.78, 5) is 2.26. The van der Waals surface area contributed by atoms with Gasteiger partial charge in [0.25, 0.3) is 0 Å². The first-order valence-electron chi connectivity index (χ1n) is 10.3. The van der Waals surface area contributed by atoms with Gasteiger partial charge in [0.2, 0.25) is 0 Å². The summed E-state index contributed by atoms with van der Waals surface area (Å²) in [5, 5.41) is 8.21. The van der Waals surface area contributed by atoms with E-state index in [2.05, 4.69) is 15.1 Å². The summed E-state index contributed by atoms with van der Waals surface area (Å²) in [5.41, 5.74) is 7.49. The molecule has 2 atom stereocenters. The number of hydrogen-bond acceptors (Lipinski definition) is 5. The van der Waals surface area contributed by atoms with Gasteiger partial charge in [0.05, 0.1) is 12.7 Å². The molecule has 5 nitrogen and oxygen atoms in total. The minimum absolute atomic E-state index is 0.144. The third kappa shape index (κ3) is 4.67. The quantitative estimate of drug-likeness (QED) is 0.855. The van der Waals surface area contributed by atoms with Crippen LogP contribution in [0.25, 0.3) is 0 Å². The monoisotopic (exact) mass is 384 g/mol. The zero-order chi connectivity index (χ0) is 19.3. The highest BCUT2D eigenvalue weighted by atomic mass is 19.1. The minimum atomic E-state index is -0.144. The van der Waals surface area contributed by atoms with Gasteiger partial charge in [0, 0.05) is 31.2 Å². The first kappa shape index (κ1) is 19.3. The smallest absolute Gasteiger partial charge is 0.151 e. The lowest BCUT2D eigenvalue weighted by molar-refractivity contribution is -0.00103. The predicted octanol–water partition coefficient (Wildman–Crippen LogP) is 3.51. The largest absolute Gasteiger partial charge is 0.378 e. The second-order valence-electron chi connectivity index (χ2n) is 8.10. The van der Waals surface area contributed by atoms with Crippen LogP contribution < -0.4 is 10.6 Å². The van der Waals surface area contributed by atoms with Crippen LogP contribution in [0.1, 0.15) is 43.6 Å². The Balaban J connectivity index is 1.26. The first-order chi connectivity index (χ1) is 13.7. The SMILES string of the molecule is NC1CCN(c2cccnn2)C[C@H]1COC1CCC(c2cccc(F)c2)CC1. The van der Waals surface area contributed by atoms with E-state index in [4.69, 9.17) is 10.5 Å². The molecule has 1 aliphatic carbocycles. The van der Waals surface area contributed by atoms with Gasteiger partial charge in [-0.2, -0.15) is 5.10 Å². The number of rotatable bonds is 5. The van der Waals surface area contributed by atoms with E-state index >= 15 is 0 Å². The third-order valence-electron chi connectivity index (χ3n) is 6.22. The Hall–Kier alpha value is -2.05. The van der Waals surface area contributed by atoms with Crippen LogP contribution >= 0.6 is 0 Å². The van der Waals surface area contributed by atoms with Crippen molar-refractivity contribution in [1.82, 2.24) is 10.2 Å². The predicted molar refractivity (Wildman–Crippen MR) is 108 cm³/mol. The fourth-order valence-corrected chi connectivity index (χ4v) is 4.48. The van der Waals surface area contributed by atoms with E-state index < -0.39 is 0 Å². The molecule has 1 aromatic carbocycles. The number of nitrogens with two attached hydrogens (primary N) is 1. The number of nitrogens with zero attached hydrogens (tertiary/aromatic N) is 3. The molecule has 2 N–H and O–H groups in total. The number of ether oxygens (including phenoxy) is 1. The highest BCUT2D eigenvalue weighted by Crippen LogP contribution is 2.34. The molecule has 1 aromatic heterocycles. The highest BCUT2D eigenvalue weighted by molar-refractivity contribution is 5.37. The number of benzene rings is 1. The summed E-state index contributed by atoms with van der Waals surface area (Å²) >= 11 is 0. The lowest BCUT2D eigenvalue weighted by Gasteiger charge is -2.38. The van der Waals surface area contributed by atoms with E-state index in [0.29, 0.717) is 18.4 Å². The molecule has 0 bridgehead atoms. The van der Waals surface area contributed by atoms with Gasteiger partial charge in [0.1, 0.15) is 5.82 Å². The fraction of sp³-hybridized carbons (Fsp3) is 0.545. The maximum absolute atomic E-state index is 13.5. The van der Waals surface area contributed by atoms with E-state index in [1.165, 1.54) is 6.07 Å². The maximum atomic E-state index is 13.5. The molecule has 28 heavy (non-hydrogen) atoms. The third-order valence-corrected chi connectivity index (χ3v) is 6.22. The summed E-state index contributed by atoms with van der Waals surface area (Å²) in [5.74, 6) is 1.51. The van der Waals surface area contributed by atoms with Crippen LogP contribution in [0.2, 0.25) is 0 Å². The molecule has 2 aromatic rings. The second-order valence-corrected chi connectivity index (χ2v) is 8.10. The van der Waals surface area contributed by atoms with Crippen LogP contribution in [0.15, 0.2) is 42.6 Å². The summed E-state index contributed by atoms with van der Waals surface area (Å²) in [7, 11) is 0. The van der Waals surface area contributed by atoms with Gasteiger partial charge in [-0.25, -0.2) is 4.39 Å². The molecule has 4 rings (SSSR count). The molecule has 0 spiro atoms. The zero-order valence-corrected chi connectivity index (χ0v) is 16.2. The van der Waals surface area contributed by atoms with Crippen molar-refractivity contribution in [3.05, 3.63) is 54.0 Å². The van der Waals surface area contributed by atoms with Crippen LogP contribution in [0.4, 0.5) is 10.2 Å². The van der Waals surface area contributed by atoms with Crippen molar-refractivity contribution >= 4 is 5.82 Å². The Bertz CT molecular complexity index is 751. The van der Waals surface area contributed by atoms with Gasteiger partial charge in [-0.15, -0.1) is 5.10 Å². The van der Waals surface area contributed by atoms with Crippen LogP contribution in [0, 0.1) is 11.7 Å². The van der Waals surface area contributed by atoms with E-state index in [-0.39, 0.29) is 18.0 Å². The Morgan fingerprint density at radius 3 is 2.71 bits per heavy atom. The summed E-state index contributed by atoms with van der Waals surface area (Å²) in [6.45, 7) is 2.46. The first-order valence-corrected chi connectivity index (χ1v) is 10.3. The van der Waals surface area contributed by atoms with Gasteiger partial charge in [-0.05, 0) is 67.9 Å². The molecule has 0 amide bonds. The molecule has 150 valence electrons. The van der Waals surface area contributed by atoms with Crippen molar-refractivity contribution < 1.29 is 9.13 Å². The number of anilines is 1. The van der Waals surface area contributed by atoms with Crippen molar-refractivity contribution in [2.75, 3.05) is 24.6 Å². The molecule has 0 radical (unpaired) electrons. The van der Waals surface area contributed by atoms with Gasteiger partial charge in [-0.3, -0.25) is 0 Å². The van der Waals surface area contributed by atoms with Gasteiger partial charge >= 0.3 is 0 Å². The van der Waals surface area contributed by atoms with Crippen LogP contribution in [-0.4, -0.2) is 42.0 Å². The van der Waals surface area contributed by atoms with Crippen molar-refractivity contribution in [1.29, 1.82) is 0 Å². The minimum Gasteiger partial charge on any atom is -0.378 e. The molecule has 6 heteroatoms. The van der Waals surface area contributed by atoms with Crippen LogP contribution in [0.5, 0.6) is 0 Å². The molecule has 2 heterocycles. The average molecular weight is 384 g/mol. The molecule has 1 saturated carbocycles. The zero-order valence-electron chi connectivity index (χ0n) is 16.2. The van der Waals surface area contributed by atoms with E-state index in [1.54, 1.807) is 18.3 Å². The molecule has 1 aliphatic heterocycles. The molecule has 1 saturated heterocycles. The lowest BCUT2D eigenvalue weighted by atomic mass is 9.82. The number of halogens is 1. The highest BCUT2D eigenvalue weighted by Gasteiger charge is 2.30. The van der Waals surface area contributed by atoms with Crippen molar-refractivity contribution in [2.24, 2.45) is 11.7 Å². The second kappa shape index (κ2) is 8.97. The molecule has 2 aliphatic rings. The standard InChI is InChI=1S/C22H29FN4O/c23-19-4-1-3-17(13-19)16-6-8-20(9-7-16)28-15-18-14-27(12-10-21(18)24)22-5-2-11-25-26-22/h1-5,11,13,16,18,20-21H,6-10,12,14-15,24H2/t16?,18-,20?,21?/m0/s1. The molecule has 1 unspecified atom stereocenters. The lowest BCUT2D eigenvalue weighted by Crippen LogP contribution is -2.49. The fourth-order valence-electron chi connectivity index (χ4n) is 4.48. The Morgan fingerprint density at radius 2 is 1.96 bits per heavy atom. The van der Waals surface area contributed by atoms with Gasteiger partial charge in [-0.1, -0.05) is 12.1 Å². The maximum Gasteiger partial charge on any atom is 0.151 e. The van der Waals surface area contributed by atoms with E-state index in [9.17, 15) is 4.39 Å². The summed E-state index contributed by atoms with van der Waals surface area (Å²) in [6.07, 6.45) is 7.07. The normalized spacial score (nSPS) is 28.3. The topological polar surface area (TPSA) is 64.3 Å². The Kier molecular flexibility index (Phi) is 6.17. The van der Waals surface area contributed by atoms with Crippen LogP contribution in [0.3, 0.4) is 0 Å². The van der Waals surface area contributed by atoms with E-state index in [1.807, 2.05) is 18.2 Å². The molecule has 2 fully saturated rings. The average Bonchev–Trinajstić information content (AvgIpc) is 2.74. The Morgan fingerprint density at radius 1 is 1.11 bits per heavy atom. The Labute approximate surface area is 166 Å². The van der Waals surface area contributed by atoms with E-state index in [0.717, 1.165) is 56.6 Å². The number of hydrogen-bond donors (Lipinski definition) is 1. The molecular formula is C22H29FN4O. The summed E-state index contributed by atoms with van der Waals surface area (Å²) in [6, 6.07) is 11.1. The number of piperidine rings is 1. The van der Waals surface area contributed by atoms with Crippen molar-refractivity contribution in [2.45, 2.75) is 50.2 Å². The summed E-state index contributed by atoms with van der Waals surface area (Å²) < 4.78 is 19.7. The van der Waals surface area contributed by atoms with Crippen LogP contribution in [-0.2, 0) is 4.74 Å². The molecular weight excluding hydrogens is 355 g/mol.